The smallest absolute Gasteiger partial charge is 0.392 e. The van der Waals surface area contributed by atoms with Gasteiger partial charge in [0.1, 0.15) is 6.54 Å². The quantitative estimate of drug-likeness (QED) is 0.898. The van der Waals surface area contributed by atoms with Gasteiger partial charge in [0, 0.05) is 11.7 Å². The maximum atomic E-state index is 12.5. The van der Waals surface area contributed by atoms with Gasteiger partial charge in [-0.1, -0.05) is 6.07 Å². The van der Waals surface area contributed by atoms with Crippen LogP contribution in [0, 0.1) is 6.92 Å². The third kappa shape index (κ3) is 3.16. The molecular weight excluding hydrogens is 243 g/mol. The van der Waals surface area contributed by atoms with Crippen LogP contribution in [0.2, 0.25) is 0 Å². The molecule has 0 atom stereocenters. The van der Waals surface area contributed by atoms with Crippen molar-refractivity contribution in [3.8, 4) is 0 Å². The van der Waals surface area contributed by atoms with Crippen LogP contribution in [0.4, 0.5) is 18.9 Å². The van der Waals surface area contributed by atoms with Gasteiger partial charge in [-0.25, -0.2) is 0 Å². The number of hydrogen-bond donors (Lipinski definition) is 1. The Hall–Kier alpha value is -1.23. The molecule has 0 amide bonds. The largest absolute Gasteiger partial charge is 0.405 e. The van der Waals surface area contributed by atoms with Crippen molar-refractivity contribution in [3.05, 3.63) is 29.3 Å². The van der Waals surface area contributed by atoms with Crippen LogP contribution in [0.15, 0.2) is 18.2 Å². The minimum Gasteiger partial charge on any atom is -0.392 e. The Kier molecular flexibility index (Phi) is 3.52. The van der Waals surface area contributed by atoms with Crippen LogP contribution in [-0.2, 0) is 6.61 Å². The summed E-state index contributed by atoms with van der Waals surface area (Å²) in [4.78, 5) is 1.41. The highest BCUT2D eigenvalue weighted by Gasteiger charge is 2.38. The van der Waals surface area contributed by atoms with E-state index in [1.54, 1.807) is 25.1 Å². The molecule has 1 N–H and O–H groups in total. The van der Waals surface area contributed by atoms with E-state index in [0.29, 0.717) is 5.69 Å². The first-order valence-corrected chi connectivity index (χ1v) is 5.94. The van der Waals surface area contributed by atoms with Crippen LogP contribution in [0.5, 0.6) is 0 Å². The average Bonchev–Trinajstić information content (AvgIpc) is 3.08. The van der Waals surface area contributed by atoms with E-state index in [2.05, 4.69) is 0 Å². The van der Waals surface area contributed by atoms with Gasteiger partial charge < -0.3 is 10.0 Å². The third-order valence-electron chi connectivity index (χ3n) is 3.17. The molecule has 18 heavy (non-hydrogen) atoms. The zero-order valence-electron chi connectivity index (χ0n) is 10.2. The van der Waals surface area contributed by atoms with E-state index in [-0.39, 0.29) is 12.6 Å². The fourth-order valence-electron chi connectivity index (χ4n) is 2.05. The Morgan fingerprint density at radius 3 is 2.44 bits per heavy atom. The van der Waals surface area contributed by atoms with Crippen molar-refractivity contribution in [2.75, 3.05) is 11.4 Å². The van der Waals surface area contributed by atoms with Gasteiger partial charge in [0.15, 0.2) is 0 Å². The van der Waals surface area contributed by atoms with Crippen LogP contribution in [-0.4, -0.2) is 23.9 Å². The van der Waals surface area contributed by atoms with E-state index in [1.807, 2.05) is 0 Å². The maximum Gasteiger partial charge on any atom is 0.405 e. The zero-order chi connectivity index (χ0) is 13.3. The van der Waals surface area contributed by atoms with Gasteiger partial charge in [0.25, 0.3) is 0 Å². The lowest BCUT2D eigenvalue weighted by molar-refractivity contribution is -0.120. The van der Waals surface area contributed by atoms with Crippen molar-refractivity contribution in [1.29, 1.82) is 0 Å². The van der Waals surface area contributed by atoms with Crippen molar-refractivity contribution >= 4 is 5.69 Å². The summed E-state index contributed by atoms with van der Waals surface area (Å²) < 4.78 is 37.6. The molecule has 1 aliphatic carbocycles. The first-order valence-electron chi connectivity index (χ1n) is 5.94. The Balaban J connectivity index is 2.23. The lowest BCUT2D eigenvalue weighted by atomic mass is 10.1. The highest BCUT2D eigenvalue weighted by Crippen LogP contribution is 2.35. The topological polar surface area (TPSA) is 23.5 Å². The van der Waals surface area contributed by atoms with Gasteiger partial charge in [0.05, 0.1) is 6.61 Å². The standard InChI is InChI=1S/C13H16F3NO/c1-9-6-12(3-2-10(9)7-18)17(11-4-5-11)8-13(14,15)16/h2-3,6,11,18H,4-5,7-8H2,1H3. The number of anilines is 1. The molecule has 1 aromatic carbocycles. The third-order valence-corrected chi connectivity index (χ3v) is 3.17. The second-order valence-electron chi connectivity index (χ2n) is 4.74. The number of halogens is 3. The van der Waals surface area contributed by atoms with Crippen LogP contribution in [0.3, 0.4) is 0 Å². The molecule has 0 aromatic heterocycles. The van der Waals surface area contributed by atoms with Crippen molar-refractivity contribution in [2.45, 2.75) is 38.6 Å². The number of nitrogens with zero attached hydrogens (tertiary/aromatic N) is 1. The summed E-state index contributed by atoms with van der Waals surface area (Å²) in [6.45, 7) is 0.804. The number of aliphatic hydroxyl groups excluding tert-OH is 1. The van der Waals surface area contributed by atoms with Crippen molar-refractivity contribution in [1.82, 2.24) is 0 Å². The molecule has 0 bridgehead atoms. The molecule has 0 saturated heterocycles. The lowest BCUT2D eigenvalue weighted by Gasteiger charge is -2.26. The Bertz CT molecular complexity index is 427. The molecule has 2 nitrogen and oxygen atoms in total. The number of aryl methyl sites for hydroxylation is 1. The zero-order valence-corrected chi connectivity index (χ0v) is 10.2. The van der Waals surface area contributed by atoms with Crippen LogP contribution < -0.4 is 4.90 Å². The number of benzene rings is 1. The second-order valence-corrected chi connectivity index (χ2v) is 4.74. The van der Waals surface area contributed by atoms with Crippen molar-refractivity contribution < 1.29 is 18.3 Å². The molecule has 0 spiro atoms. The van der Waals surface area contributed by atoms with Gasteiger partial charge in [-0.15, -0.1) is 0 Å². The van der Waals surface area contributed by atoms with E-state index < -0.39 is 12.7 Å². The van der Waals surface area contributed by atoms with Gasteiger partial charge >= 0.3 is 6.18 Å². The van der Waals surface area contributed by atoms with Crippen molar-refractivity contribution in [3.63, 3.8) is 0 Å². The van der Waals surface area contributed by atoms with E-state index >= 15 is 0 Å². The van der Waals surface area contributed by atoms with E-state index in [1.165, 1.54) is 4.90 Å². The summed E-state index contributed by atoms with van der Waals surface area (Å²) in [6.07, 6.45) is -2.56. The summed E-state index contributed by atoms with van der Waals surface area (Å²) in [5.74, 6) is 0. The lowest BCUT2D eigenvalue weighted by Crippen LogP contribution is -2.36. The van der Waals surface area contributed by atoms with Gasteiger partial charge in [-0.3, -0.25) is 0 Å². The summed E-state index contributed by atoms with van der Waals surface area (Å²) in [7, 11) is 0. The molecule has 1 aromatic rings. The first-order chi connectivity index (χ1) is 8.40. The summed E-state index contributed by atoms with van der Waals surface area (Å²) in [5, 5.41) is 9.06. The van der Waals surface area contributed by atoms with Gasteiger partial charge in [0.2, 0.25) is 0 Å². The van der Waals surface area contributed by atoms with E-state index in [0.717, 1.165) is 24.0 Å². The highest BCUT2D eigenvalue weighted by atomic mass is 19.4. The molecule has 5 heteroatoms. The Labute approximate surface area is 104 Å². The predicted molar refractivity (Wildman–Crippen MR) is 63.5 cm³/mol. The SMILES string of the molecule is Cc1cc(N(CC(F)(F)F)C2CC2)ccc1CO. The fourth-order valence-corrected chi connectivity index (χ4v) is 2.05. The molecule has 2 rings (SSSR count). The molecule has 100 valence electrons. The molecule has 0 unspecified atom stereocenters. The number of rotatable bonds is 4. The van der Waals surface area contributed by atoms with Gasteiger partial charge in [-0.05, 0) is 43.0 Å². The first kappa shape index (κ1) is 13.2. The average molecular weight is 259 g/mol. The Morgan fingerprint density at radius 2 is 2.00 bits per heavy atom. The molecule has 0 aliphatic heterocycles. The molecule has 0 radical (unpaired) electrons. The van der Waals surface area contributed by atoms with Crippen LogP contribution >= 0.6 is 0 Å². The number of alkyl halides is 3. The molecule has 1 aliphatic rings. The fraction of sp³-hybridized carbons (Fsp3) is 0.538. The predicted octanol–water partition coefficient (Wildman–Crippen LogP) is 3.02. The summed E-state index contributed by atoms with van der Waals surface area (Å²) >= 11 is 0. The summed E-state index contributed by atoms with van der Waals surface area (Å²) in [5.41, 5.74) is 2.16. The summed E-state index contributed by atoms with van der Waals surface area (Å²) in [6, 6.07) is 5.07. The van der Waals surface area contributed by atoms with Crippen LogP contribution in [0.1, 0.15) is 24.0 Å². The normalized spacial score (nSPS) is 15.8. The Morgan fingerprint density at radius 1 is 1.33 bits per heavy atom. The highest BCUT2D eigenvalue weighted by molar-refractivity contribution is 5.52. The molecular formula is C13H16F3NO. The minimum atomic E-state index is -4.19. The molecule has 1 saturated carbocycles. The molecule has 0 heterocycles. The number of aliphatic hydroxyl groups is 1. The van der Waals surface area contributed by atoms with E-state index in [9.17, 15) is 13.2 Å². The van der Waals surface area contributed by atoms with Crippen molar-refractivity contribution in [2.24, 2.45) is 0 Å². The molecule has 1 fully saturated rings. The second kappa shape index (κ2) is 4.80. The monoisotopic (exact) mass is 259 g/mol. The van der Waals surface area contributed by atoms with Crippen LogP contribution in [0.25, 0.3) is 0 Å². The maximum absolute atomic E-state index is 12.5. The van der Waals surface area contributed by atoms with E-state index in [4.69, 9.17) is 5.11 Å². The minimum absolute atomic E-state index is 0.00556. The van der Waals surface area contributed by atoms with Gasteiger partial charge in [-0.2, -0.15) is 13.2 Å². The number of hydrogen-bond acceptors (Lipinski definition) is 2.